The Labute approximate surface area is 110 Å². The Balaban J connectivity index is 1.63. The van der Waals surface area contributed by atoms with E-state index in [4.69, 9.17) is 4.42 Å². The third-order valence-electron chi connectivity index (χ3n) is 2.84. The van der Waals surface area contributed by atoms with Crippen molar-refractivity contribution >= 4 is 16.9 Å². The molecule has 2 aromatic rings. The van der Waals surface area contributed by atoms with Crippen molar-refractivity contribution in [2.75, 3.05) is 5.75 Å². The second-order valence-corrected chi connectivity index (χ2v) is 5.13. The van der Waals surface area contributed by atoms with Crippen LogP contribution in [0.1, 0.15) is 17.4 Å². The molecule has 1 fully saturated rings. The molecule has 4 heteroatoms. The van der Waals surface area contributed by atoms with E-state index in [0.29, 0.717) is 12.6 Å². The maximum Gasteiger partial charge on any atom is 0.157 e. The van der Waals surface area contributed by atoms with Gasteiger partial charge in [-0.3, -0.25) is 4.99 Å². The SMILES string of the molecule is c1ccc(C2CSC(=NCc3ccco3)N2)cc1. The molecule has 0 radical (unpaired) electrons. The van der Waals surface area contributed by atoms with Crippen LogP contribution in [0, 0.1) is 0 Å². The minimum absolute atomic E-state index is 0.367. The monoisotopic (exact) mass is 258 g/mol. The molecule has 92 valence electrons. The van der Waals surface area contributed by atoms with Crippen molar-refractivity contribution in [3.63, 3.8) is 0 Å². The van der Waals surface area contributed by atoms with Gasteiger partial charge in [0.2, 0.25) is 0 Å². The summed E-state index contributed by atoms with van der Waals surface area (Å²) in [6.07, 6.45) is 1.68. The third-order valence-corrected chi connectivity index (χ3v) is 3.87. The van der Waals surface area contributed by atoms with Crippen molar-refractivity contribution in [3.8, 4) is 0 Å². The number of nitrogens with zero attached hydrogens (tertiary/aromatic N) is 1. The Morgan fingerprint density at radius 1 is 1.22 bits per heavy atom. The Hall–Kier alpha value is -1.68. The fourth-order valence-electron chi connectivity index (χ4n) is 1.90. The molecule has 1 aliphatic rings. The largest absolute Gasteiger partial charge is 0.467 e. The van der Waals surface area contributed by atoms with Gasteiger partial charge in [-0.05, 0) is 17.7 Å². The first-order chi connectivity index (χ1) is 8.92. The highest BCUT2D eigenvalue weighted by Crippen LogP contribution is 2.26. The highest BCUT2D eigenvalue weighted by Gasteiger charge is 2.21. The number of nitrogens with one attached hydrogen (secondary N) is 1. The summed E-state index contributed by atoms with van der Waals surface area (Å²) in [5.41, 5.74) is 1.31. The smallest absolute Gasteiger partial charge is 0.157 e. The number of furan rings is 1. The maximum absolute atomic E-state index is 5.26. The van der Waals surface area contributed by atoms with Crippen molar-refractivity contribution in [3.05, 3.63) is 60.1 Å². The molecule has 1 N–H and O–H groups in total. The number of thioether (sulfide) groups is 1. The lowest BCUT2D eigenvalue weighted by atomic mass is 10.1. The zero-order valence-electron chi connectivity index (χ0n) is 9.87. The molecule has 3 nitrogen and oxygen atoms in total. The Bertz CT molecular complexity index is 522. The highest BCUT2D eigenvalue weighted by molar-refractivity contribution is 8.14. The molecular formula is C14H14N2OS. The van der Waals surface area contributed by atoms with Crippen molar-refractivity contribution in [1.29, 1.82) is 0 Å². The van der Waals surface area contributed by atoms with Gasteiger partial charge in [-0.2, -0.15) is 0 Å². The van der Waals surface area contributed by atoms with E-state index in [2.05, 4.69) is 34.6 Å². The minimum Gasteiger partial charge on any atom is -0.467 e. The molecule has 18 heavy (non-hydrogen) atoms. The highest BCUT2D eigenvalue weighted by atomic mass is 32.2. The normalized spacial score (nSPS) is 21.1. The summed E-state index contributed by atoms with van der Waals surface area (Å²) in [4.78, 5) is 4.52. The Morgan fingerprint density at radius 2 is 2.11 bits per heavy atom. The number of aliphatic imine (C=N–C) groups is 1. The summed E-state index contributed by atoms with van der Waals surface area (Å²) >= 11 is 1.76. The van der Waals surface area contributed by atoms with Crippen LogP contribution in [-0.2, 0) is 6.54 Å². The van der Waals surface area contributed by atoms with Crippen LogP contribution >= 0.6 is 11.8 Å². The second kappa shape index (κ2) is 5.31. The van der Waals surface area contributed by atoms with Gasteiger partial charge in [-0.1, -0.05) is 42.1 Å². The van der Waals surface area contributed by atoms with Crippen LogP contribution in [0.15, 0.2) is 58.1 Å². The van der Waals surface area contributed by atoms with Crippen LogP contribution in [0.2, 0.25) is 0 Å². The lowest BCUT2D eigenvalue weighted by Gasteiger charge is -2.09. The predicted octanol–water partition coefficient (Wildman–Crippen LogP) is 3.21. The topological polar surface area (TPSA) is 37.5 Å². The molecule has 1 aromatic carbocycles. The van der Waals surface area contributed by atoms with Gasteiger partial charge in [0.15, 0.2) is 5.17 Å². The van der Waals surface area contributed by atoms with E-state index in [1.165, 1.54) is 5.56 Å². The summed E-state index contributed by atoms with van der Waals surface area (Å²) in [5, 5.41) is 4.44. The van der Waals surface area contributed by atoms with Gasteiger partial charge in [0, 0.05) is 5.75 Å². The number of rotatable bonds is 3. The predicted molar refractivity (Wildman–Crippen MR) is 74.6 cm³/mol. The second-order valence-electron chi connectivity index (χ2n) is 4.12. The molecule has 2 heterocycles. The van der Waals surface area contributed by atoms with E-state index >= 15 is 0 Å². The van der Waals surface area contributed by atoms with Gasteiger partial charge in [0.25, 0.3) is 0 Å². The molecule has 0 saturated carbocycles. The van der Waals surface area contributed by atoms with Gasteiger partial charge in [0.1, 0.15) is 5.76 Å². The number of hydrogen-bond donors (Lipinski definition) is 1. The molecule has 1 aromatic heterocycles. The van der Waals surface area contributed by atoms with Crippen LogP contribution in [0.4, 0.5) is 0 Å². The Morgan fingerprint density at radius 3 is 2.89 bits per heavy atom. The zero-order valence-corrected chi connectivity index (χ0v) is 10.7. The summed E-state index contributed by atoms with van der Waals surface area (Å²) in [7, 11) is 0. The average Bonchev–Trinajstić information content (AvgIpc) is 3.09. The fourth-order valence-corrected chi connectivity index (χ4v) is 2.88. The molecule has 1 atom stereocenters. The van der Waals surface area contributed by atoms with Crippen molar-refractivity contribution in [2.24, 2.45) is 4.99 Å². The van der Waals surface area contributed by atoms with Gasteiger partial charge in [-0.15, -0.1) is 0 Å². The molecule has 1 unspecified atom stereocenters. The van der Waals surface area contributed by atoms with E-state index < -0.39 is 0 Å². The number of amidine groups is 1. The molecule has 1 aliphatic heterocycles. The summed E-state index contributed by atoms with van der Waals surface area (Å²) in [5.74, 6) is 1.93. The van der Waals surface area contributed by atoms with E-state index in [9.17, 15) is 0 Å². The molecular weight excluding hydrogens is 244 g/mol. The van der Waals surface area contributed by atoms with Crippen LogP contribution in [0.5, 0.6) is 0 Å². The molecule has 0 aliphatic carbocycles. The minimum atomic E-state index is 0.367. The summed E-state index contributed by atoms with van der Waals surface area (Å²) in [6, 6.07) is 14.7. The van der Waals surface area contributed by atoms with Crippen molar-refractivity contribution in [1.82, 2.24) is 5.32 Å². The lowest BCUT2D eigenvalue weighted by molar-refractivity contribution is 0.512. The van der Waals surface area contributed by atoms with Crippen LogP contribution in [-0.4, -0.2) is 10.9 Å². The average molecular weight is 258 g/mol. The first-order valence-electron chi connectivity index (χ1n) is 5.93. The summed E-state index contributed by atoms with van der Waals surface area (Å²) < 4.78 is 5.26. The molecule has 0 spiro atoms. The standard InChI is InChI=1S/C14H14N2OS/c1-2-5-11(6-3-1)13-10-18-14(16-13)15-9-12-7-4-8-17-12/h1-8,13H,9-10H2,(H,15,16). The number of hydrogen-bond acceptors (Lipinski definition) is 3. The van der Waals surface area contributed by atoms with E-state index in [1.807, 2.05) is 18.2 Å². The van der Waals surface area contributed by atoms with Crippen molar-refractivity contribution in [2.45, 2.75) is 12.6 Å². The number of benzene rings is 1. The lowest BCUT2D eigenvalue weighted by Crippen LogP contribution is -2.19. The first-order valence-corrected chi connectivity index (χ1v) is 6.91. The molecule has 3 rings (SSSR count). The van der Waals surface area contributed by atoms with Crippen LogP contribution < -0.4 is 5.32 Å². The first kappa shape index (κ1) is 11.4. The zero-order chi connectivity index (χ0) is 12.2. The Kier molecular flexibility index (Phi) is 3.37. The van der Waals surface area contributed by atoms with E-state index in [-0.39, 0.29) is 0 Å². The molecule has 0 amide bonds. The van der Waals surface area contributed by atoms with E-state index in [1.54, 1.807) is 18.0 Å². The van der Waals surface area contributed by atoms with Crippen molar-refractivity contribution < 1.29 is 4.42 Å². The third kappa shape index (κ3) is 2.59. The van der Waals surface area contributed by atoms with Gasteiger partial charge in [0.05, 0.1) is 18.8 Å². The van der Waals surface area contributed by atoms with Gasteiger partial charge in [-0.25, -0.2) is 0 Å². The molecule has 0 bridgehead atoms. The van der Waals surface area contributed by atoms with Crippen LogP contribution in [0.25, 0.3) is 0 Å². The van der Waals surface area contributed by atoms with Gasteiger partial charge >= 0.3 is 0 Å². The fraction of sp³-hybridized carbons (Fsp3) is 0.214. The summed E-state index contributed by atoms with van der Waals surface area (Å²) in [6.45, 7) is 0.601. The van der Waals surface area contributed by atoms with E-state index in [0.717, 1.165) is 16.7 Å². The molecule has 1 saturated heterocycles. The quantitative estimate of drug-likeness (QED) is 0.918. The van der Waals surface area contributed by atoms with Gasteiger partial charge < -0.3 is 9.73 Å². The van der Waals surface area contributed by atoms with Crippen LogP contribution in [0.3, 0.4) is 0 Å². The maximum atomic E-state index is 5.26.